The normalized spacial score (nSPS) is 39.0. The van der Waals surface area contributed by atoms with Gasteiger partial charge in [0.1, 0.15) is 0 Å². The van der Waals surface area contributed by atoms with Crippen LogP contribution in [0.25, 0.3) is 0 Å². The fourth-order valence-corrected chi connectivity index (χ4v) is 1.95. The van der Waals surface area contributed by atoms with Crippen molar-refractivity contribution in [2.24, 2.45) is 5.92 Å². The molecule has 1 aliphatic rings. The van der Waals surface area contributed by atoms with E-state index >= 15 is 0 Å². The van der Waals surface area contributed by atoms with Crippen LogP contribution >= 0.6 is 0 Å². The molecule has 2 unspecified atom stereocenters. The minimum Gasteiger partial charge on any atom is -0.393 e. The van der Waals surface area contributed by atoms with Gasteiger partial charge in [0.25, 0.3) is 0 Å². The maximum Gasteiger partial charge on any atom is 0.0880 e. The van der Waals surface area contributed by atoms with Gasteiger partial charge >= 0.3 is 0 Å². The van der Waals surface area contributed by atoms with Crippen LogP contribution in [0.5, 0.6) is 0 Å². The first-order chi connectivity index (χ1) is 5.20. The number of rotatable bonds is 2. The molecule has 0 spiro atoms. The second-order valence-corrected chi connectivity index (χ2v) is 3.75. The summed E-state index contributed by atoms with van der Waals surface area (Å²) in [6, 6.07) is 0. The molecule has 2 atom stereocenters. The topological polar surface area (TPSA) is 40.5 Å². The minimum atomic E-state index is -0.751. The number of hydrogen-bond donors (Lipinski definition) is 2. The van der Waals surface area contributed by atoms with Crippen molar-refractivity contribution in [3.05, 3.63) is 0 Å². The summed E-state index contributed by atoms with van der Waals surface area (Å²) in [5.74, 6) is 0.626. The summed E-state index contributed by atoms with van der Waals surface area (Å²) in [6.07, 6.45) is 4.98. The molecule has 66 valence electrons. The highest BCUT2D eigenvalue weighted by molar-refractivity contribution is 4.85. The zero-order chi connectivity index (χ0) is 8.32. The lowest BCUT2D eigenvalue weighted by Gasteiger charge is -2.34. The minimum absolute atomic E-state index is 0.0660. The van der Waals surface area contributed by atoms with Crippen LogP contribution in [0.4, 0.5) is 0 Å². The Balaban J connectivity index is 2.44. The van der Waals surface area contributed by atoms with E-state index in [9.17, 15) is 5.11 Å². The highest BCUT2D eigenvalue weighted by Gasteiger charge is 2.32. The summed E-state index contributed by atoms with van der Waals surface area (Å²) in [5, 5.41) is 18.6. The van der Waals surface area contributed by atoms with Gasteiger partial charge in [-0.05, 0) is 18.8 Å². The third-order valence-electron chi connectivity index (χ3n) is 2.79. The van der Waals surface area contributed by atoms with Crippen molar-refractivity contribution >= 4 is 0 Å². The number of aliphatic hydroxyl groups is 2. The van der Waals surface area contributed by atoms with Gasteiger partial charge in [-0.1, -0.05) is 26.2 Å². The SMILES string of the molecule is CCC1CCCC(O)(CO)C1. The van der Waals surface area contributed by atoms with Crippen LogP contribution in [0.3, 0.4) is 0 Å². The van der Waals surface area contributed by atoms with Crippen molar-refractivity contribution in [2.45, 2.75) is 44.6 Å². The van der Waals surface area contributed by atoms with Crippen molar-refractivity contribution in [3.8, 4) is 0 Å². The van der Waals surface area contributed by atoms with Gasteiger partial charge in [0, 0.05) is 0 Å². The molecule has 1 rings (SSSR count). The number of aliphatic hydroxyl groups excluding tert-OH is 1. The van der Waals surface area contributed by atoms with Crippen LogP contribution in [-0.4, -0.2) is 22.4 Å². The fourth-order valence-electron chi connectivity index (χ4n) is 1.95. The van der Waals surface area contributed by atoms with Crippen LogP contribution in [0, 0.1) is 5.92 Å². The summed E-state index contributed by atoms with van der Waals surface area (Å²) in [7, 11) is 0. The first kappa shape index (κ1) is 9.01. The van der Waals surface area contributed by atoms with Crippen molar-refractivity contribution in [2.75, 3.05) is 6.61 Å². The van der Waals surface area contributed by atoms with Gasteiger partial charge in [0.2, 0.25) is 0 Å². The molecule has 0 radical (unpaired) electrons. The maximum atomic E-state index is 9.73. The first-order valence-electron chi connectivity index (χ1n) is 4.53. The van der Waals surface area contributed by atoms with Gasteiger partial charge < -0.3 is 10.2 Å². The fraction of sp³-hybridized carbons (Fsp3) is 1.00. The Labute approximate surface area is 68.2 Å². The molecule has 2 N–H and O–H groups in total. The Morgan fingerprint density at radius 3 is 2.82 bits per heavy atom. The van der Waals surface area contributed by atoms with E-state index in [-0.39, 0.29) is 6.61 Å². The molecule has 0 aliphatic heterocycles. The Hall–Kier alpha value is -0.0800. The van der Waals surface area contributed by atoms with Gasteiger partial charge in [-0.2, -0.15) is 0 Å². The van der Waals surface area contributed by atoms with Crippen LogP contribution in [0.2, 0.25) is 0 Å². The largest absolute Gasteiger partial charge is 0.393 e. The van der Waals surface area contributed by atoms with E-state index in [4.69, 9.17) is 5.11 Å². The number of hydrogen-bond acceptors (Lipinski definition) is 2. The van der Waals surface area contributed by atoms with Crippen LogP contribution < -0.4 is 0 Å². The molecule has 0 aromatic carbocycles. The smallest absolute Gasteiger partial charge is 0.0880 e. The van der Waals surface area contributed by atoms with Crippen molar-refractivity contribution in [3.63, 3.8) is 0 Å². The van der Waals surface area contributed by atoms with E-state index in [0.29, 0.717) is 5.92 Å². The monoisotopic (exact) mass is 158 g/mol. The summed E-state index contributed by atoms with van der Waals surface area (Å²) in [5.41, 5.74) is -0.751. The molecule has 0 saturated heterocycles. The van der Waals surface area contributed by atoms with E-state index in [0.717, 1.165) is 25.7 Å². The molecule has 0 bridgehead atoms. The standard InChI is InChI=1S/C9H18O2/c1-2-8-4-3-5-9(11,6-8)7-10/h8,10-11H,2-7H2,1H3. The van der Waals surface area contributed by atoms with Crippen molar-refractivity contribution < 1.29 is 10.2 Å². The summed E-state index contributed by atoms with van der Waals surface area (Å²) in [6.45, 7) is 2.08. The zero-order valence-corrected chi connectivity index (χ0v) is 7.21. The van der Waals surface area contributed by atoms with Crippen LogP contribution in [0.1, 0.15) is 39.0 Å². The Morgan fingerprint density at radius 1 is 1.55 bits per heavy atom. The molecule has 1 fully saturated rings. The molecular formula is C9H18O2. The molecule has 1 saturated carbocycles. The van der Waals surface area contributed by atoms with Crippen LogP contribution in [-0.2, 0) is 0 Å². The third-order valence-corrected chi connectivity index (χ3v) is 2.79. The van der Waals surface area contributed by atoms with Gasteiger partial charge in [-0.25, -0.2) is 0 Å². The highest BCUT2D eigenvalue weighted by Crippen LogP contribution is 2.33. The highest BCUT2D eigenvalue weighted by atomic mass is 16.3. The van der Waals surface area contributed by atoms with Gasteiger partial charge in [0.05, 0.1) is 12.2 Å². The third kappa shape index (κ3) is 2.17. The van der Waals surface area contributed by atoms with Gasteiger partial charge in [0.15, 0.2) is 0 Å². The van der Waals surface area contributed by atoms with E-state index in [1.165, 1.54) is 6.42 Å². The molecule has 2 heteroatoms. The second-order valence-electron chi connectivity index (χ2n) is 3.75. The molecular weight excluding hydrogens is 140 g/mol. The van der Waals surface area contributed by atoms with Crippen LogP contribution in [0.15, 0.2) is 0 Å². The average molecular weight is 158 g/mol. The predicted molar refractivity (Wildman–Crippen MR) is 44.3 cm³/mol. The lowest BCUT2D eigenvalue weighted by molar-refractivity contribution is -0.0576. The molecule has 0 amide bonds. The molecule has 0 aromatic rings. The predicted octanol–water partition coefficient (Wildman–Crippen LogP) is 1.31. The summed E-state index contributed by atoms with van der Waals surface area (Å²) >= 11 is 0. The molecule has 0 heterocycles. The molecule has 1 aliphatic carbocycles. The van der Waals surface area contributed by atoms with Gasteiger partial charge in [-0.15, -0.1) is 0 Å². The summed E-state index contributed by atoms with van der Waals surface area (Å²) < 4.78 is 0. The van der Waals surface area contributed by atoms with Crippen molar-refractivity contribution in [1.82, 2.24) is 0 Å². The molecule has 11 heavy (non-hydrogen) atoms. The maximum absolute atomic E-state index is 9.73. The average Bonchev–Trinajstić information content (AvgIpc) is 2.05. The zero-order valence-electron chi connectivity index (χ0n) is 7.21. The van der Waals surface area contributed by atoms with E-state index in [1.807, 2.05) is 0 Å². The summed E-state index contributed by atoms with van der Waals surface area (Å²) in [4.78, 5) is 0. The van der Waals surface area contributed by atoms with Crippen molar-refractivity contribution in [1.29, 1.82) is 0 Å². The second kappa shape index (κ2) is 3.55. The lowest BCUT2D eigenvalue weighted by Crippen LogP contribution is -2.38. The van der Waals surface area contributed by atoms with E-state index < -0.39 is 5.60 Å². The Morgan fingerprint density at radius 2 is 2.27 bits per heavy atom. The molecule has 2 nitrogen and oxygen atoms in total. The quantitative estimate of drug-likeness (QED) is 0.636. The van der Waals surface area contributed by atoms with E-state index in [2.05, 4.69) is 6.92 Å². The Kier molecular flexibility index (Phi) is 2.90. The van der Waals surface area contributed by atoms with Gasteiger partial charge in [-0.3, -0.25) is 0 Å². The first-order valence-corrected chi connectivity index (χ1v) is 4.53. The lowest BCUT2D eigenvalue weighted by atomic mass is 9.77. The Bertz CT molecular complexity index is 125. The molecule has 0 aromatic heterocycles. The van der Waals surface area contributed by atoms with E-state index in [1.54, 1.807) is 0 Å².